The number of hydrogen-bond acceptors (Lipinski definition) is 23. The zero-order chi connectivity index (χ0) is 58.2. The second kappa shape index (κ2) is 19.5. The fourth-order valence-electron chi connectivity index (χ4n) is 16.1. The quantitative estimate of drug-likeness (QED) is 0.0737. The summed E-state index contributed by atoms with van der Waals surface area (Å²) in [4.78, 5) is 57.3. The highest BCUT2D eigenvalue weighted by Crippen LogP contribution is 2.76. The lowest BCUT2D eigenvalue weighted by Crippen LogP contribution is -2.70. The Morgan fingerprint density at radius 1 is 0.675 bits per heavy atom. The van der Waals surface area contributed by atoms with Crippen LogP contribution in [-0.4, -0.2) is 158 Å². The van der Waals surface area contributed by atoms with Crippen LogP contribution in [0.2, 0.25) is 0 Å². The number of cyclic esters (lactones) is 2. The zero-order valence-electron chi connectivity index (χ0n) is 44.5. The molecule has 434 valence electrons. The van der Waals surface area contributed by atoms with Crippen LogP contribution < -0.4 is 0 Å². The van der Waals surface area contributed by atoms with Crippen LogP contribution in [0.1, 0.15) is 117 Å². The van der Waals surface area contributed by atoms with Crippen LogP contribution in [0.4, 0.5) is 0 Å². The number of fused-ring (bicyclic) bond motifs is 11. The molecule has 2 heterocycles. The van der Waals surface area contributed by atoms with Gasteiger partial charge in [0.25, 0.3) is 0 Å². The SMILES string of the molecule is C[C@@H]1CC[C@]2(C(=O)O[C@@H]3O[C@H](CO)[C@@H](O)[C@H](OC(=O)c4cc(O)c(O)c(O)c4)[C@H]3O)CC[C@]3(C)C(=CC[C@@H]4[C@@]5(C)C[C@@H](O)[C@H](O)C6(COC(=O)c7cc(O)c(O)c(O)c7-c7c(cc(O)c(O)c7O)C(=O)OC6)[C@@H]5CC[C@]43C)C2[C@H]1C. The average molecular weight is 1120 g/mol. The highest BCUT2D eigenvalue weighted by atomic mass is 16.7. The van der Waals surface area contributed by atoms with Crippen LogP contribution >= 0.6 is 0 Å². The third-order valence-corrected chi connectivity index (χ3v) is 20.7. The van der Waals surface area contributed by atoms with Gasteiger partial charge in [0.1, 0.15) is 25.4 Å². The van der Waals surface area contributed by atoms with Crippen LogP contribution in [0.15, 0.2) is 35.9 Å². The first-order valence-electron chi connectivity index (χ1n) is 26.8. The lowest BCUT2D eigenvalue weighted by atomic mass is 9.33. The Morgan fingerprint density at radius 2 is 1.24 bits per heavy atom. The second-order valence-electron chi connectivity index (χ2n) is 24.3. The summed E-state index contributed by atoms with van der Waals surface area (Å²) in [5, 5.41) is 152. The number of ether oxygens (including phenoxy) is 5. The van der Waals surface area contributed by atoms with Crippen LogP contribution in [0.25, 0.3) is 11.1 Å². The minimum Gasteiger partial charge on any atom is -0.504 e. The maximum absolute atomic E-state index is 15.2. The Morgan fingerprint density at radius 3 is 1.80 bits per heavy atom. The number of aliphatic hydroxyl groups excluding tert-OH is 5. The summed E-state index contributed by atoms with van der Waals surface area (Å²) in [6.07, 6.45) is -7.22. The van der Waals surface area contributed by atoms with E-state index in [1.54, 1.807) is 0 Å². The van der Waals surface area contributed by atoms with E-state index in [0.29, 0.717) is 50.7 Å². The molecule has 23 nitrogen and oxygen atoms in total. The molecule has 1 spiro atoms. The fourth-order valence-corrected chi connectivity index (χ4v) is 16.1. The van der Waals surface area contributed by atoms with E-state index < -0.39 is 205 Å². The van der Waals surface area contributed by atoms with Gasteiger partial charge in [-0.2, -0.15) is 0 Å². The van der Waals surface area contributed by atoms with Gasteiger partial charge in [-0.3, -0.25) is 4.79 Å². The number of carbonyl (C=O) groups excluding carboxylic acids is 4. The molecule has 1 saturated heterocycles. The molecule has 5 fully saturated rings. The van der Waals surface area contributed by atoms with E-state index in [2.05, 4.69) is 33.8 Å². The lowest BCUT2D eigenvalue weighted by Gasteiger charge is -2.71. The zero-order valence-corrected chi connectivity index (χ0v) is 44.5. The molecule has 5 aliphatic carbocycles. The van der Waals surface area contributed by atoms with Gasteiger partial charge in [0.2, 0.25) is 17.8 Å². The fraction of sp³-hybridized carbons (Fsp3) is 0.579. The van der Waals surface area contributed by atoms with Gasteiger partial charge in [-0.25, -0.2) is 14.4 Å². The van der Waals surface area contributed by atoms with Crippen LogP contribution in [0, 0.1) is 56.7 Å². The molecule has 0 amide bonds. The normalized spacial score (nSPS) is 37.3. The van der Waals surface area contributed by atoms with Crippen molar-refractivity contribution in [3.05, 3.63) is 52.6 Å². The number of aliphatic hydroxyl groups is 5. The van der Waals surface area contributed by atoms with Crippen molar-refractivity contribution in [3.63, 3.8) is 0 Å². The number of benzene rings is 3. The standard InChI is InChI=1S/C57H68O23/c1-22-8-11-56(52(75)80-51-45(70)46(42(67)33(19-58)78-51)79-48(72)24-14-28(59)39(64)29(60)15-24)13-12-54(4)27(38(56)23(22)2)6-7-34-53(3)18-32(63)47(71)57(35(53)9-10-55(34,54)5)20-76-49(73)25-16-30(61)40(65)43(68)36(25)37-26(50(74)77-21-57)17-31(62)41(66)44(37)69/h6,14-17,22-23,32-35,38,42,45-47,51,58-71H,7-13,18-21H2,1-5H3/t22-,23+,32-,33-,34-,35-,38?,42-,45-,46+,47+,51+,53-,54-,55-,56+/m1/s1. The van der Waals surface area contributed by atoms with E-state index in [4.69, 9.17) is 23.7 Å². The Labute approximate surface area is 457 Å². The molecule has 2 aliphatic heterocycles. The maximum Gasteiger partial charge on any atom is 0.339 e. The summed E-state index contributed by atoms with van der Waals surface area (Å²) in [6.45, 7) is 8.27. The largest absolute Gasteiger partial charge is 0.504 e. The van der Waals surface area contributed by atoms with Gasteiger partial charge in [0, 0.05) is 11.1 Å². The molecule has 14 N–H and O–H groups in total. The molecule has 1 unspecified atom stereocenters. The molecule has 3 aromatic rings. The van der Waals surface area contributed by atoms with Crippen LogP contribution in [0.5, 0.6) is 51.7 Å². The van der Waals surface area contributed by atoms with E-state index in [9.17, 15) is 85.9 Å². The van der Waals surface area contributed by atoms with Gasteiger partial charge in [0.05, 0.1) is 46.3 Å². The Hall–Kier alpha value is -6.76. The first-order valence-corrected chi connectivity index (χ1v) is 26.8. The smallest absolute Gasteiger partial charge is 0.339 e. The molecule has 23 heteroatoms. The van der Waals surface area contributed by atoms with E-state index in [1.165, 1.54) is 0 Å². The summed E-state index contributed by atoms with van der Waals surface area (Å²) in [5.74, 6) is -15.3. The van der Waals surface area contributed by atoms with Crippen molar-refractivity contribution in [2.75, 3.05) is 19.8 Å². The number of allylic oxidation sites excluding steroid dienone is 2. The van der Waals surface area contributed by atoms with E-state index >= 15 is 4.79 Å². The number of hydrogen-bond donors (Lipinski definition) is 14. The van der Waals surface area contributed by atoms with Crippen LogP contribution in [0.3, 0.4) is 0 Å². The number of esters is 4. The van der Waals surface area contributed by atoms with E-state index in [1.807, 2.05) is 6.92 Å². The van der Waals surface area contributed by atoms with E-state index in [-0.39, 0.29) is 30.6 Å². The highest BCUT2D eigenvalue weighted by molar-refractivity contribution is 6.08. The predicted molar refractivity (Wildman–Crippen MR) is 272 cm³/mol. The molecule has 4 saturated carbocycles. The minimum absolute atomic E-state index is 0.0479. The summed E-state index contributed by atoms with van der Waals surface area (Å²) in [5.41, 5.74) is -7.54. The molecule has 10 rings (SSSR count). The Bertz CT molecular complexity index is 3000. The molecular formula is C57H68O23. The van der Waals surface area contributed by atoms with Crippen molar-refractivity contribution in [1.82, 2.24) is 0 Å². The first-order chi connectivity index (χ1) is 37.5. The van der Waals surface area contributed by atoms with Crippen molar-refractivity contribution < 1.29 is 114 Å². The summed E-state index contributed by atoms with van der Waals surface area (Å²) in [7, 11) is 0. The molecule has 3 aromatic carbocycles. The van der Waals surface area contributed by atoms with Crippen molar-refractivity contribution in [2.24, 2.45) is 56.7 Å². The third kappa shape index (κ3) is 8.03. The van der Waals surface area contributed by atoms with Gasteiger partial charge < -0.3 is 95.2 Å². The van der Waals surface area contributed by atoms with Crippen molar-refractivity contribution in [3.8, 4) is 62.9 Å². The molecule has 0 bridgehead atoms. The van der Waals surface area contributed by atoms with Crippen molar-refractivity contribution >= 4 is 23.9 Å². The van der Waals surface area contributed by atoms with Gasteiger partial charge in [-0.1, -0.05) is 46.3 Å². The Balaban J connectivity index is 0.983. The van der Waals surface area contributed by atoms with E-state index in [0.717, 1.165) is 17.7 Å². The van der Waals surface area contributed by atoms with Gasteiger partial charge in [-0.05, 0) is 121 Å². The summed E-state index contributed by atoms with van der Waals surface area (Å²) >= 11 is 0. The highest BCUT2D eigenvalue weighted by Gasteiger charge is 2.72. The lowest BCUT2D eigenvalue weighted by molar-refractivity contribution is -0.297. The molecule has 16 atom stereocenters. The molecule has 0 aromatic heterocycles. The molecule has 80 heavy (non-hydrogen) atoms. The molecule has 7 aliphatic rings. The maximum atomic E-state index is 15.2. The number of phenols is 9. The molecular weight excluding hydrogens is 1050 g/mol. The summed E-state index contributed by atoms with van der Waals surface area (Å²) < 4.78 is 29.3. The van der Waals surface area contributed by atoms with Crippen molar-refractivity contribution in [1.29, 1.82) is 0 Å². The van der Waals surface area contributed by atoms with Crippen LogP contribution in [-0.2, 0) is 28.5 Å². The number of phenolic OH excluding ortho intramolecular Hbond substituents is 9. The number of carbonyl (C=O) groups is 4. The predicted octanol–water partition coefficient (Wildman–Crippen LogP) is 4.19. The number of aromatic hydroxyl groups is 9. The third-order valence-electron chi connectivity index (χ3n) is 20.7. The first kappa shape index (κ1) is 56.5. The minimum atomic E-state index is -2.01. The molecule has 0 radical (unpaired) electrons. The Kier molecular flexibility index (Phi) is 13.8. The average Bonchev–Trinajstić information content (AvgIpc) is 3.29. The summed E-state index contributed by atoms with van der Waals surface area (Å²) in [6, 6.07) is 2.99. The van der Waals surface area contributed by atoms with Gasteiger partial charge in [0.15, 0.2) is 52.5 Å². The monoisotopic (exact) mass is 1120 g/mol. The van der Waals surface area contributed by atoms with Crippen molar-refractivity contribution in [2.45, 2.75) is 129 Å². The second-order valence-corrected chi connectivity index (χ2v) is 24.3. The number of rotatable bonds is 5. The van der Waals surface area contributed by atoms with Gasteiger partial charge in [-0.15, -0.1) is 0 Å². The topological polar surface area (TPSA) is 398 Å². The van der Waals surface area contributed by atoms with Gasteiger partial charge >= 0.3 is 23.9 Å².